The third-order valence-corrected chi connectivity index (χ3v) is 10.1. The Labute approximate surface area is 291 Å². The molecule has 1 atom stereocenters. The quantitative estimate of drug-likeness (QED) is 0.0370. The van der Waals surface area contributed by atoms with Gasteiger partial charge in [-0.1, -0.05) is 30.7 Å². The molecule has 0 spiro atoms. The Kier molecular flexibility index (Phi) is 11.6. The summed E-state index contributed by atoms with van der Waals surface area (Å²) in [7, 11) is 1.34. The highest BCUT2D eigenvalue weighted by atomic mass is 32.2. The summed E-state index contributed by atoms with van der Waals surface area (Å²) >= 11 is 2.71. The number of carbonyl (C=O) groups excluding carboxylic acids is 4. The van der Waals surface area contributed by atoms with Crippen LogP contribution in [-0.2, 0) is 27.2 Å². The number of nitro benzene ring substituents is 1. The first-order valence-electron chi connectivity index (χ1n) is 15.6. The number of non-ortho nitro benzene ring substituents is 1. The number of methoxy groups -OCH3 is 1. The summed E-state index contributed by atoms with van der Waals surface area (Å²) in [5.41, 5.74) is 2.44. The first kappa shape index (κ1) is 35.0. The molecule has 1 aliphatic carbocycles. The van der Waals surface area contributed by atoms with Crippen LogP contribution < -0.4 is 16.0 Å². The second-order valence-corrected chi connectivity index (χ2v) is 13.7. The molecule has 1 unspecified atom stereocenters. The van der Waals surface area contributed by atoms with Gasteiger partial charge >= 0.3 is 5.97 Å². The molecule has 5 rings (SSSR count). The van der Waals surface area contributed by atoms with Gasteiger partial charge in [-0.15, -0.1) is 23.1 Å². The van der Waals surface area contributed by atoms with Gasteiger partial charge in [-0.05, 0) is 92.3 Å². The van der Waals surface area contributed by atoms with Gasteiger partial charge < -0.3 is 20.7 Å². The van der Waals surface area contributed by atoms with Crippen molar-refractivity contribution in [1.29, 1.82) is 0 Å². The Balaban J connectivity index is 1.30. The summed E-state index contributed by atoms with van der Waals surface area (Å²) in [6, 6.07) is 20.9. The number of aryl methyl sites for hydroxylation is 1. The van der Waals surface area contributed by atoms with Crippen molar-refractivity contribution in [2.75, 3.05) is 17.7 Å². The van der Waals surface area contributed by atoms with E-state index in [-0.39, 0.29) is 17.3 Å². The standard InChI is InChI=1S/C36H34N4O7S2/c1-22(32(41)39-35-31(36(44)47-2)28-14-7-4-8-15-30(28)49-35)48-27-13-9-12-25(21-27)37-34(43)29(38-33(42)24-10-5-3-6-11-24)20-23-16-18-26(19-17-23)40(45)46/h3,5-6,9-13,16-22H,4,7-8,14-15H2,1-2H3,(H,37,43)(H,38,42)(H,39,41)/b29-20+. The fourth-order valence-corrected chi connectivity index (χ4v) is 7.47. The van der Waals surface area contributed by atoms with Crippen LogP contribution >= 0.6 is 23.1 Å². The van der Waals surface area contributed by atoms with Gasteiger partial charge in [0.05, 0.1) is 22.8 Å². The maximum absolute atomic E-state index is 13.5. The molecule has 4 aromatic rings. The van der Waals surface area contributed by atoms with Crippen LogP contribution in [0.1, 0.15) is 62.9 Å². The SMILES string of the molecule is COC(=O)c1c(NC(=O)C(C)Sc2cccc(NC(=O)/C(=C\c3ccc([N+](=O)[O-])cc3)NC(=O)c3ccccc3)c2)sc2c1CCCCC2. The molecule has 3 aromatic carbocycles. The van der Waals surface area contributed by atoms with Crippen molar-refractivity contribution in [3.63, 3.8) is 0 Å². The Bertz CT molecular complexity index is 1910. The fourth-order valence-electron chi connectivity index (χ4n) is 5.27. The molecule has 0 fully saturated rings. The van der Waals surface area contributed by atoms with Gasteiger partial charge in [0.2, 0.25) is 5.91 Å². The van der Waals surface area contributed by atoms with Gasteiger partial charge in [0.25, 0.3) is 17.5 Å². The lowest BCUT2D eigenvalue weighted by molar-refractivity contribution is -0.384. The number of nitrogens with one attached hydrogen (secondary N) is 3. The number of nitrogens with zero attached hydrogens (tertiary/aromatic N) is 1. The number of hydrogen-bond donors (Lipinski definition) is 3. The monoisotopic (exact) mass is 698 g/mol. The third-order valence-electron chi connectivity index (χ3n) is 7.77. The Morgan fingerprint density at radius 1 is 0.939 bits per heavy atom. The molecule has 1 aromatic heterocycles. The van der Waals surface area contributed by atoms with Crippen LogP contribution in [-0.4, -0.2) is 41.0 Å². The van der Waals surface area contributed by atoms with E-state index in [2.05, 4.69) is 16.0 Å². The van der Waals surface area contributed by atoms with Crippen LogP contribution in [0.2, 0.25) is 0 Å². The maximum atomic E-state index is 13.5. The Hall–Kier alpha value is -5.27. The van der Waals surface area contributed by atoms with Crippen molar-refractivity contribution >= 4 is 69.2 Å². The summed E-state index contributed by atoms with van der Waals surface area (Å²) in [6.07, 6.45) is 6.18. The Morgan fingerprint density at radius 3 is 2.39 bits per heavy atom. The van der Waals surface area contributed by atoms with Gasteiger partial charge in [0, 0.05) is 33.2 Å². The van der Waals surface area contributed by atoms with Crippen molar-refractivity contribution in [2.24, 2.45) is 0 Å². The summed E-state index contributed by atoms with van der Waals surface area (Å²) < 4.78 is 5.06. The highest BCUT2D eigenvalue weighted by Gasteiger charge is 2.27. The van der Waals surface area contributed by atoms with E-state index in [9.17, 15) is 29.3 Å². The van der Waals surface area contributed by atoms with Crippen molar-refractivity contribution in [3.8, 4) is 0 Å². The van der Waals surface area contributed by atoms with Crippen molar-refractivity contribution < 1.29 is 28.8 Å². The number of benzene rings is 3. The molecule has 3 amide bonds. The number of fused-ring (bicyclic) bond motifs is 1. The van der Waals surface area contributed by atoms with Crippen molar-refractivity contribution in [1.82, 2.24) is 5.32 Å². The smallest absolute Gasteiger partial charge is 0.341 e. The second-order valence-electron chi connectivity index (χ2n) is 11.2. The molecule has 0 bridgehead atoms. The van der Waals surface area contributed by atoms with E-state index in [4.69, 9.17) is 4.74 Å². The van der Waals surface area contributed by atoms with Crippen LogP contribution in [0.25, 0.3) is 6.08 Å². The van der Waals surface area contributed by atoms with Crippen LogP contribution in [0, 0.1) is 10.1 Å². The summed E-state index contributed by atoms with van der Waals surface area (Å²) in [4.78, 5) is 64.9. The number of esters is 1. The van der Waals surface area contributed by atoms with Crippen molar-refractivity contribution in [3.05, 3.63) is 122 Å². The van der Waals surface area contributed by atoms with E-state index >= 15 is 0 Å². The number of rotatable bonds is 11. The predicted octanol–water partition coefficient (Wildman–Crippen LogP) is 7.24. The average Bonchev–Trinajstić information content (AvgIpc) is 3.27. The minimum Gasteiger partial charge on any atom is -0.465 e. The summed E-state index contributed by atoms with van der Waals surface area (Å²) in [5.74, 6) is -1.87. The number of thiophene rings is 1. The van der Waals surface area contributed by atoms with Gasteiger partial charge in [-0.2, -0.15) is 0 Å². The zero-order chi connectivity index (χ0) is 34.9. The molecule has 0 radical (unpaired) electrons. The van der Waals surface area contributed by atoms with E-state index in [1.165, 1.54) is 60.5 Å². The number of nitro groups is 1. The van der Waals surface area contributed by atoms with E-state index in [0.29, 0.717) is 32.3 Å². The molecule has 1 aliphatic rings. The molecular formula is C36H34N4O7S2. The average molecular weight is 699 g/mol. The van der Waals surface area contributed by atoms with Crippen LogP contribution in [0.4, 0.5) is 16.4 Å². The van der Waals surface area contributed by atoms with Gasteiger partial charge in [-0.25, -0.2) is 4.79 Å². The van der Waals surface area contributed by atoms with Gasteiger partial charge in [0.1, 0.15) is 10.7 Å². The number of thioether (sulfide) groups is 1. The zero-order valence-electron chi connectivity index (χ0n) is 26.8. The molecule has 49 heavy (non-hydrogen) atoms. The minimum atomic E-state index is -0.622. The largest absolute Gasteiger partial charge is 0.465 e. The molecule has 0 aliphatic heterocycles. The van der Waals surface area contributed by atoms with Gasteiger partial charge in [-0.3, -0.25) is 24.5 Å². The molecule has 1 heterocycles. The van der Waals surface area contributed by atoms with E-state index < -0.39 is 28.0 Å². The lowest BCUT2D eigenvalue weighted by Gasteiger charge is -2.14. The van der Waals surface area contributed by atoms with E-state index in [1.54, 1.807) is 55.5 Å². The topological polar surface area (TPSA) is 157 Å². The third kappa shape index (κ3) is 9.00. The van der Waals surface area contributed by atoms with Crippen LogP contribution in [0.15, 0.2) is 89.5 Å². The zero-order valence-corrected chi connectivity index (χ0v) is 28.5. The Morgan fingerprint density at radius 2 is 1.67 bits per heavy atom. The lowest BCUT2D eigenvalue weighted by Crippen LogP contribution is -2.30. The van der Waals surface area contributed by atoms with Crippen LogP contribution in [0.3, 0.4) is 0 Å². The number of hydrogen-bond acceptors (Lipinski definition) is 9. The molecule has 0 saturated heterocycles. The van der Waals surface area contributed by atoms with Gasteiger partial charge in [0.15, 0.2) is 0 Å². The number of anilines is 2. The normalized spacial score (nSPS) is 13.3. The number of amides is 3. The molecule has 3 N–H and O–H groups in total. The highest BCUT2D eigenvalue weighted by molar-refractivity contribution is 8.00. The molecule has 11 nitrogen and oxygen atoms in total. The highest BCUT2D eigenvalue weighted by Crippen LogP contribution is 2.38. The summed E-state index contributed by atoms with van der Waals surface area (Å²) in [5, 5.41) is 19.4. The fraction of sp³-hybridized carbons (Fsp3) is 0.222. The number of carbonyl (C=O) groups is 4. The first-order chi connectivity index (χ1) is 23.6. The van der Waals surface area contributed by atoms with E-state index in [0.717, 1.165) is 42.5 Å². The van der Waals surface area contributed by atoms with E-state index in [1.807, 2.05) is 6.07 Å². The lowest BCUT2D eigenvalue weighted by atomic mass is 10.1. The minimum absolute atomic E-state index is 0.0794. The predicted molar refractivity (Wildman–Crippen MR) is 191 cm³/mol. The van der Waals surface area contributed by atoms with Crippen molar-refractivity contribution in [2.45, 2.75) is 49.2 Å². The molecule has 0 saturated carbocycles. The number of ether oxygens (including phenoxy) is 1. The molecule has 252 valence electrons. The molecular weight excluding hydrogens is 665 g/mol. The second kappa shape index (κ2) is 16.2. The summed E-state index contributed by atoms with van der Waals surface area (Å²) in [6.45, 7) is 1.76. The molecule has 13 heteroatoms. The van der Waals surface area contributed by atoms with Crippen LogP contribution in [0.5, 0.6) is 0 Å². The maximum Gasteiger partial charge on any atom is 0.341 e. The first-order valence-corrected chi connectivity index (χ1v) is 17.3.